The number of carbonyl (C=O) groups is 2. The van der Waals surface area contributed by atoms with Gasteiger partial charge >= 0.3 is 5.97 Å². The standard InChI is InChI=1S/C20H24ClNO3/c1-12-2-3-16(7-17(12)21)22-18(23)11-25-19(24)20-8-13-4-14(9-20)6-15(5-13)10-20/h2-3,7,13-15H,4-6,8-11H2,1H3,(H,22,23). The molecule has 25 heavy (non-hydrogen) atoms. The first kappa shape index (κ1) is 16.9. The Hall–Kier alpha value is -1.55. The second-order valence-electron chi connectivity index (χ2n) is 8.29. The van der Waals surface area contributed by atoms with Crippen molar-refractivity contribution < 1.29 is 14.3 Å². The van der Waals surface area contributed by atoms with E-state index in [1.165, 1.54) is 19.3 Å². The summed E-state index contributed by atoms with van der Waals surface area (Å²) < 4.78 is 5.43. The van der Waals surface area contributed by atoms with Crippen LogP contribution in [0.4, 0.5) is 5.69 Å². The Morgan fingerprint density at radius 2 is 1.76 bits per heavy atom. The van der Waals surface area contributed by atoms with Gasteiger partial charge in [0.2, 0.25) is 0 Å². The molecule has 1 amide bonds. The van der Waals surface area contributed by atoms with E-state index in [4.69, 9.17) is 16.3 Å². The number of anilines is 1. The smallest absolute Gasteiger partial charge is 0.312 e. The van der Waals surface area contributed by atoms with Crippen LogP contribution in [0, 0.1) is 30.1 Å². The van der Waals surface area contributed by atoms with E-state index in [0.29, 0.717) is 28.5 Å². The molecule has 1 aromatic carbocycles. The number of hydrogen-bond acceptors (Lipinski definition) is 3. The fraction of sp³-hybridized carbons (Fsp3) is 0.600. The number of aryl methyl sites for hydroxylation is 1. The molecule has 4 saturated carbocycles. The first-order chi connectivity index (χ1) is 11.9. The van der Waals surface area contributed by atoms with Gasteiger partial charge in [-0.25, -0.2) is 0 Å². The Morgan fingerprint density at radius 3 is 2.32 bits per heavy atom. The van der Waals surface area contributed by atoms with E-state index in [-0.39, 0.29) is 23.9 Å². The lowest BCUT2D eigenvalue weighted by molar-refractivity contribution is -0.172. The van der Waals surface area contributed by atoms with Crippen molar-refractivity contribution >= 4 is 29.2 Å². The van der Waals surface area contributed by atoms with E-state index in [9.17, 15) is 9.59 Å². The van der Waals surface area contributed by atoms with Crippen LogP contribution >= 0.6 is 11.6 Å². The Labute approximate surface area is 153 Å². The molecule has 4 fully saturated rings. The largest absolute Gasteiger partial charge is 0.455 e. The summed E-state index contributed by atoms with van der Waals surface area (Å²) in [6.45, 7) is 1.67. The molecule has 0 unspecified atom stereocenters. The van der Waals surface area contributed by atoms with Crippen molar-refractivity contribution in [1.82, 2.24) is 0 Å². The summed E-state index contributed by atoms with van der Waals surface area (Å²) in [7, 11) is 0. The fourth-order valence-corrected chi connectivity index (χ4v) is 5.69. The lowest BCUT2D eigenvalue weighted by atomic mass is 9.49. The van der Waals surface area contributed by atoms with Crippen molar-refractivity contribution in [1.29, 1.82) is 0 Å². The summed E-state index contributed by atoms with van der Waals surface area (Å²) >= 11 is 6.06. The lowest BCUT2D eigenvalue weighted by Crippen LogP contribution is -2.50. The predicted molar refractivity (Wildman–Crippen MR) is 96.4 cm³/mol. The molecule has 0 saturated heterocycles. The Kier molecular flexibility index (Phi) is 4.27. The molecule has 0 spiro atoms. The summed E-state index contributed by atoms with van der Waals surface area (Å²) in [5.74, 6) is 1.56. The number of rotatable bonds is 4. The van der Waals surface area contributed by atoms with Gasteiger partial charge in [-0.1, -0.05) is 17.7 Å². The molecule has 0 radical (unpaired) electrons. The molecule has 1 N–H and O–H groups in total. The number of nitrogens with one attached hydrogen (secondary N) is 1. The quantitative estimate of drug-likeness (QED) is 0.811. The molecular weight excluding hydrogens is 338 g/mol. The third kappa shape index (κ3) is 3.29. The molecule has 5 rings (SSSR count). The molecule has 4 bridgehead atoms. The van der Waals surface area contributed by atoms with Crippen molar-refractivity contribution in [2.45, 2.75) is 45.4 Å². The van der Waals surface area contributed by atoms with Crippen molar-refractivity contribution in [3.05, 3.63) is 28.8 Å². The summed E-state index contributed by atoms with van der Waals surface area (Å²) in [5.41, 5.74) is 1.25. The molecular formula is C20H24ClNO3. The van der Waals surface area contributed by atoms with Crippen molar-refractivity contribution in [3.8, 4) is 0 Å². The van der Waals surface area contributed by atoms with Crippen LogP contribution in [0.2, 0.25) is 5.02 Å². The van der Waals surface area contributed by atoms with Crippen molar-refractivity contribution in [2.24, 2.45) is 23.2 Å². The van der Waals surface area contributed by atoms with E-state index in [1.54, 1.807) is 12.1 Å². The fourth-order valence-electron chi connectivity index (χ4n) is 5.51. The van der Waals surface area contributed by atoms with E-state index < -0.39 is 0 Å². The monoisotopic (exact) mass is 361 g/mol. The Morgan fingerprint density at radius 1 is 1.16 bits per heavy atom. The van der Waals surface area contributed by atoms with Gasteiger partial charge < -0.3 is 10.1 Å². The van der Waals surface area contributed by atoms with Gasteiger partial charge in [0, 0.05) is 10.7 Å². The van der Waals surface area contributed by atoms with Crippen LogP contribution in [0.25, 0.3) is 0 Å². The summed E-state index contributed by atoms with van der Waals surface area (Å²) in [4.78, 5) is 24.8. The van der Waals surface area contributed by atoms with Gasteiger partial charge in [-0.15, -0.1) is 0 Å². The average molecular weight is 362 g/mol. The molecule has 4 aliphatic carbocycles. The van der Waals surface area contributed by atoms with Crippen LogP contribution in [-0.2, 0) is 14.3 Å². The van der Waals surface area contributed by atoms with Crippen molar-refractivity contribution in [3.63, 3.8) is 0 Å². The minimum atomic E-state index is -0.321. The van der Waals surface area contributed by atoms with Crippen LogP contribution in [-0.4, -0.2) is 18.5 Å². The van der Waals surface area contributed by atoms with Gasteiger partial charge in [-0.2, -0.15) is 0 Å². The third-order valence-corrected chi connectivity index (χ3v) is 6.67. The second-order valence-corrected chi connectivity index (χ2v) is 8.69. The maximum absolute atomic E-state index is 12.7. The highest BCUT2D eigenvalue weighted by atomic mass is 35.5. The zero-order valence-electron chi connectivity index (χ0n) is 14.5. The topological polar surface area (TPSA) is 55.4 Å². The number of carbonyl (C=O) groups excluding carboxylic acids is 2. The van der Waals surface area contributed by atoms with E-state index >= 15 is 0 Å². The highest BCUT2D eigenvalue weighted by molar-refractivity contribution is 6.31. The Bertz CT molecular complexity index is 680. The molecule has 0 aliphatic heterocycles. The normalized spacial score (nSPS) is 32.5. The Balaban J connectivity index is 1.34. The molecule has 134 valence electrons. The summed E-state index contributed by atoms with van der Waals surface area (Å²) in [5, 5.41) is 3.34. The highest BCUT2D eigenvalue weighted by Gasteiger charge is 2.55. The molecule has 0 atom stereocenters. The van der Waals surface area contributed by atoms with Gasteiger partial charge in [0.15, 0.2) is 6.61 Å². The van der Waals surface area contributed by atoms with Gasteiger partial charge in [0.1, 0.15) is 0 Å². The minimum absolute atomic E-state index is 0.163. The maximum Gasteiger partial charge on any atom is 0.312 e. The highest BCUT2D eigenvalue weighted by Crippen LogP contribution is 2.60. The minimum Gasteiger partial charge on any atom is -0.455 e. The molecule has 4 nitrogen and oxygen atoms in total. The molecule has 0 heterocycles. The van der Waals surface area contributed by atoms with Crippen LogP contribution in [0.3, 0.4) is 0 Å². The maximum atomic E-state index is 12.7. The zero-order chi connectivity index (χ0) is 17.6. The molecule has 5 heteroatoms. The van der Waals surface area contributed by atoms with Gasteiger partial charge in [0.05, 0.1) is 5.41 Å². The van der Waals surface area contributed by atoms with Gasteiger partial charge in [-0.05, 0) is 80.9 Å². The number of hydrogen-bond donors (Lipinski definition) is 1. The number of amides is 1. The predicted octanol–water partition coefficient (Wildman–Crippen LogP) is 4.35. The SMILES string of the molecule is Cc1ccc(NC(=O)COC(=O)C23CC4CC(CC(C4)C2)C3)cc1Cl. The second kappa shape index (κ2) is 6.31. The zero-order valence-corrected chi connectivity index (χ0v) is 15.3. The average Bonchev–Trinajstić information content (AvgIpc) is 2.55. The van der Waals surface area contributed by atoms with E-state index in [0.717, 1.165) is 24.8 Å². The van der Waals surface area contributed by atoms with Gasteiger partial charge in [0.25, 0.3) is 5.91 Å². The van der Waals surface area contributed by atoms with Gasteiger partial charge in [-0.3, -0.25) is 9.59 Å². The van der Waals surface area contributed by atoms with Crippen molar-refractivity contribution in [2.75, 3.05) is 11.9 Å². The number of esters is 1. The molecule has 0 aromatic heterocycles. The van der Waals surface area contributed by atoms with E-state index in [2.05, 4.69) is 5.32 Å². The lowest BCUT2D eigenvalue weighted by Gasteiger charge is -2.55. The third-order valence-electron chi connectivity index (χ3n) is 6.26. The molecule has 4 aliphatic rings. The van der Waals surface area contributed by atoms with Crippen LogP contribution in [0.5, 0.6) is 0 Å². The van der Waals surface area contributed by atoms with Crippen LogP contribution in [0.1, 0.15) is 44.1 Å². The number of ether oxygens (including phenoxy) is 1. The first-order valence-corrected chi connectivity index (χ1v) is 9.54. The molecule has 1 aromatic rings. The summed E-state index contributed by atoms with van der Waals surface area (Å²) in [6.07, 6.45) is 6.69. The number of halogens is 1. The summed E-state index contributed by atoms with van der Waals surface area (Å²) in [6, 6.07) is 5.34. The van der Waals surface area contributed by atoms with E-state index in [1.807, 2.05) is 13.0 Å². The first-order valence-electron chi connectivity index (χ1n) is 9.17. The number of benzene rings is 1. The van der Waals surface area contributed by atoms with Crippen LogP contribution in [0.15, 0.2) is 18.2 Å². The van der Waals surface area contributed by atoms with Crippen LogP contribution < -0.4 is 5.32 Å².